The zero-order valence-electron chi connectivity index (χ0n) is 9.04. The Labute approximate surface area is 101 Å². The van der Waals surface area contributed by atoms with Crippen LogP contribution < -0.4 is 4.74 Å². The second kappa shape index (κ2) is 4.68. The molecule has 0 atom stereocenters. The van der Waals surface area contributed by atoms with E-state index in [2.05, 4.69) is 4.74 Å². The molecule has 0 radical (unpaired) electrons. The lowest BCUT2D eigenvalue weighted by atomic mass is 10.0. The van der Waals surface area contributed by atoms with Gasteiger partial charge in [-0.05, 0) is 17.7 Å². The largest absolute Gasteiger partial charge is 0.573 e. The molecule has 5 heteroatoms. The van der Waals surface area contributed by atoms with Gasteiger partial charge in [0.25, 0.3) is 0 Å². The minimum Gasteiger partial charge on any atom is -0.405 e. The number of halogens is 4. The molecule has 0 aromatic heterocycles. The highest BCUT2D eigenvalue weighted by Gasteiger charge is 2.32. The summed E-state index contributed by atoms with van der Waals surface area (Å²) in [5, 5.41) is 0. The number of hydrogen-bond donors (Lipinski definition) is 0. The third kappa shape index (κ3) is 2.80. The molecule has 0 saturated carbocycles. The summed E-state index contributed by atoms with van der Waals surface area (Å²) in [5.41, 5.74) is 0.130. The number of hydrogen-bond acceptors (Lipinski definition) is 1. The van der Waals surface area contributed by atoms with Crippen molar-refractivity contribution in [2.45, 2.75) is 6.36 Å². The summed E-state index contributed by atoms with van der Waals surface area (Å²) in [6.07, 6.45) is -4.85. The van der Waals surface area contributed by atoms with E-state index in [4.69, 9.17) is 0 Å². The monoisotopic (exact) mass is 256 g/mol. The van der Waals surface area contributed by atoms with Crippen LogP contribution in [0.4, 0.5) is 17.6 Å². The molecule has 0 heterocycles. The Morgan fingerprint density at radius 3 is 2.11 bits per heavy atom. The Balaban J connectivity index is 2.52. The van der Waals surface area contributed by atoms with Crippen LogP contribution in [0.2, 0.25) is 0 Å². The van der Waals surface area contributed by atoms with Gasteiger partial charge in [-0.1, -0.05) is 36.4 Å². The summed E-state index contributed by atoms with van der Waals surface area (Å²) in [4.78, 5) is 0. The molecule has 18 heavy (non-hydrogen) atoms. The summed E-state index contributed by atoms with van der Waals surface area (Å²) in [6, 6.07) is 11.3. The molecule has 0 unspecified atom stereocenters. The molecular formula is C13H8F4O. The smallest absolute Gasteiger partial charge is 0.405 e. The molecule has 0 saturated heterocycles. The van der Waals surface area contributed by atoms with Gasteiger partial charge in [-0.15, -0.1) is 13.2 Å². The third-order valence-corrected chi connectivity index (χ3v) is 2.26. The van der Waals surface area contributed by atoms with E-state index in [9.17, 15) is 17.6 Å². The molecule has 94 valence electrons. The van der Waals surface area contributed by atoms with Crippen molar-refractivity contribution in [2.75, 3.05) is 0 Å². The fourth-order valence-corrected chi connectivity index (χ4v) is 1.60. The minimum atomic E-state index is -4.85. The second-order valence-electron chi connectivity index (χ2n) is 3.53. The van der Waals surface area contributed by atoms with Gasteiger partial charge in [0.15, 0.2) is 0 Å². The van der Waals surface area contributed by atoms with Gasteiger partial charge in [0, 0.05) is 0 Å². The van der Waals surface area contributed by atoms with Crippen molar-refractivity contribution in [3.63, 3.8) is 0 Å². The van der Waals surface area contributed by atoms with Crippen LogP contribution in [0.15, 0.2) is 48.5 Å². The van der Waals surface area contributed by atoms with Crippen molar-refractivity contribution in [1.82, 2.24) is 0 Å². The number of ether oxygens (including phenoxy) is 1. The van der Waals surface area contributed by atoms with E-state index in [1.807, 2.05) is 0 Å². The Morgan fingerprint density at radius 2 is 1.50 bits per heavy atom. The molecule has 0 N–H and O–H groups in total. The fourth-order valence-electron chi connectivity index (χ4n) is 1.60. The van der Waals surface area contributed by atoms with Crippen molar-refractivity contribution in [3.05, 3.63) is 54.3 Å². The standard InChI is InChI=1S/C13H8F4O/c14-10-7-4-8-11(18-13(15,16)17)12(10)9-5-2-1-3-6-9/h1-8H. The fraction of sp³-hybridized carbons (Fsp3) is 0.0769. The van der Waals surface area contributed by atoms with Crippen LogP contribution in [0.5, 0.6) is 5.75 Å². The molecule has 0 aliphatic carbocycles. The van der Waals surface area contributed by atoms with Crippen molar-refractivity contribution in [1.29, 1.82) is 0 Å². The van der Waals surface area contributed by atoms with Gasteiger partial charge in [-0.3, -0.25) is 0 Å². The maximum absolute atomic E-state index is 13.7. The van der Waals surface area contributed by atoms with Crippen molar-refractivity contribution >= 4 is 0 Å². The SMILES string of the molecule is Fc1cccc(OC(F)(F)F)c1-c1ccccc1. The van der Waals surface area contributed by atoms with Crippen LogP contribution in [0.25, 0.3) is 11.1 Å². The van der Waals surface area contributed by atoms with Gasteiger partial charge < -0.3 is 4.74 Å². The first-order valence-electron chi connectivity index (χ1n) is 5.07. The van der Waals surface area contributed by atoms with Gasteiger partial charge in [0.1, 0.15) is 11.6 Å². The summed E-state index contributed by atoms with van der Waals surface area (Å²) < 4.78 is 54.2. The number of benzene rings is 2. The zero-order valence-corrected chi connectivity index (χ0v) is 9.04. The van der Waals surface area contributed by atoms with Gasteiger partial charge >= 0.3 is 6.36 Å². The normalized spacial score (nSPS) is 11.3. The van der Waals surface area contributed by atoms with Crippen LogP contribution >= 0.6 is 0 Å². The molecule has 2 rings (SSSR count). The predicted molar refractivity (Wildman–Crippen MR) is 58.5 cm³/mol. The van der Waals surface area contributed by atoms with Gasteiger partial charge in [-0.2, -0.15) is 0 Å². The molecule has 2 aromatic carbocycles. The summed E-state index contributed by atoms with van der Waals surface area (Å²) >= 11 is 0. The maximum atomic E-state index is 13.7. The third-order valence-electron chi connectivity index (χ3n) is 2.26. The van der Waals surface area contributed by atoms with Gasteiger partial charge in [0.05, 0.1) is 5.56 Å². The van der Waals surface area contributed by atoms with Gasteiger partial charge in [-0.25, -0.2) is 4.39 Å². The Kier molecular flexibility index (Phi) is 3.23. The summed E-state index contributed by atoms with van der Waals surface area (Å²) in [6.45, 7) is 0. The lowest BCUT2D eigenvalue weighted by molar-refractivity contribution is -0.274. The predicted octanol–water partition coefficient (Wildman–Crippen LogP) is 4.39. The summed E-state index contributed by atoms with van der Waals surface area (Å²) in [7, 11) is 0. The van der Waals surface area contributed by atoms with E-state index < -0.39 is 17.9 Å². The highest BCUT2D eigenvalue weighted by Crippen LogP contribution is 2.35. The van der Waals surface area contributed by atoms with Crippen molar-refractivity contribution < 1.29 is 22.3 Å². The van der Waals surface area contributed by atoms with Gasteiger partial charge in [0.2, 0.25) is 0 Å². The quantitative estimate of drug-likeness (QED) is 0.724. The lowest BCUT2D eigenvalue weighted by Crippen LogP contribution is -2.17. The van der Waals surface area contributed by atoms with Crippen molar-refractivity contribution in [2.24, 2.45) is 0 Å². The van der Waals surface area contributed by atoms with E-state index in [0.29, 0.717) is 5.56 Å². The molecule has 0 amide bonds. The minimum absolute atomic E-state index is 0.199. The van der Waals surface area contributed by atoms with E-state index >= 15 is 0 Å². The molecule has 2 aromatic rings. The molecule has 1 nitrogen and oxygen atoms in total. The topological polar surface area (TPSA) is 9.23 Å². The molecule has 0 aliphatic rings. The zero-order chi connectivity index (χ0) is 13.2. The van der Waals surface area contributed by atoms with E-state index in [-0.39, 0.29) is 5.56 Å². The average Bonchev–Trinajstić information content (AvgIpc) is 2.28. The Hall–Kier alpha value is -2.04. The first-order chi connectivity index (χ1) is 8.47. The van der Waals surface area contributed by atoms with Crippen LogP contribution in [0.1, 0.15) is 0 Å². The highest BCUT2D eigenvalue weighted by atomic mass is 19.4. The second-order valence-corrected chi connectivity index (χ2v) is 3.53. The molecular weight excluding hydrogens is 248 g/mol. The lowest BCUT2D eigenvalue weighted by Gasteiger charge is -2.13. The number of alkyl halides is 3. The van der Waals surface area contributed by atoms with E-state index in [1.54, 1.807) is 18.2 Å². The van der Waals surface area contributed by atoms with Crippen molar-refractivity contribution in [3.8, 4) is 16.9 Å². The first-order valence-corrected chi connectivity index (χ1v) is 5.07. The average molecular weight is 256 g/mol. The van der Waals surface area contributed by atoms with Crippen LogP contribution in [-0.4, -0.2) is 6.36 Å². The first kappa shape index (κ1) is 12.4. The molecule has 0 fully saturated rings. The number of rotatable bonds is 2. The Morgan fingerprint density at radius 1 is 0.833 bits per heavy atom. The van der Waals surface area contributed by atoms with Crippen LogP contribution in [0, 0.1) is 5.82 Å². The Bertz CT molecular complexity index is 534. The molecule has 0 bridgehead atoms. The molecule has 0 spiro atoms. The van der Waals surface area contributed by atoms with Crippen LogP contribution in [0.3, 0.4) is 0 Å². The summed E-state index contributed by atoms with van der Waals surface area (Å²) in [5.74, 6) is -1.31. The molecule has 0 aliphatic heterocycles. The van der Waals surface area contributed by atoms with Crippen LogP contribution in [-0.2, 0) is 0 Å². The highest BCUT2D eigenvalue weighted by molar-refractivity contribution is 5.70. The van der Waals surface area contributed by atoms with E-state index in [0.717, 1.165) is 12.1 Å². The van der Waals surface area contributed by atoms with E-state index in [1.165, 1.54) is 18.2 Å². The maximum Gasteiger partial charge on any atom is 0.573 e.